The van der Waals surface area contributed by atoms with Crippen molar-refractivity contribution in [2.75, 3.05) is 0 Å². The van der Waals surface area contributed by atoms with Crippen molar-refractivity contribution in [2.24, 2.45) is 5.92 Å². The molecule has 1 aromatic carbocycles. The number of nitrogens with one attached hydrogen (secondary N) is 1. The number of nitrogens with zero attached hydrogens (tertiary/aromatic N) is 1. The summed E-state index contributed by atoms with van der Waals surface area (Å²) in [4.78, 5) is 18.0. The Morgan fingerprint density at radius 1 is 1.59 bits per heavy atom. The van der Waals surface area contributed by atoms with Crippen molar-refractivity contribution in [3.63, 3.8) is 0 Å². The molecule has 2 N–H and O–H groups in total. The zero-order valence-corrected chi connectivity index (χ0v) is 10.2. The van der Waals surface area contributed by atoms with Crippen LogP contribution in [-0.2, 0) is 4.79 Å². The van der Waals surface area contributed by atoms with Crippen molar-refractivity contribution in [3.05, 3.63) is 28.2 Å². The quantitative estimate of drug-likeness (QED) is 0.896. The number of carboxylic acid groups (broad SMARTS) is 1. The highest BCUT2D eigenvalue weighted by molar-refractivity contribution is 9.10. The zero-order valence-electron chi connectivity index (χ0n) is 8.58. The summed E-state index contributed by atoms with van der Waals surface area (Å²) in [6, 6.07) is 2.94. The molecule has 4 nitrogen and oxygen atoms in total. The fourth-order valence-electron chi connectivity index (χ4n) is 1.97. The Labute approximate surface area is 104 Å². The monoisotopic (exact) mass is 298 g/mol. The SMILES string of the molecule is O=C(O)C1CC1c1nc2cc(Br)c(F)cc2[nH]1. The number of carboxylic acids is 1. The van der Waals surface area contributed by atoms with E-state index in [4.69, 9.17) is 5.11 Å². The summed E-state index contributed by atoms with van der Waals surface area (Å²) in [5.41, 5.74) is 1.24. The fraction of sp³-hybridized carbons (Fsp3) is 0.273. The van der Waals surface area contributed by atoms with Gasteiger partial charge in [-0.25, -0.2) is 9.37 Å². The average molecular weight is 299 g/mol. The Morgan fingerprint density at radius 2 is 2.35 bits per heavy atom. The molecule has 1 fully saturated rings. The predicted octanol–water partition coefficient (Wildman–Crippen LogP) is 2.65. The van der Waals surface area contributed by atoms with E-state index in [2.05, 4.69) is 25.9 Å². The number of rotatable bonds is 2. The van der Waals surface area contributed by atoms with Crippen LogP contribution in [0.4, 0.5) is 4.39 Å². The molecule has 0 radical (unpaired) electrons. The van der Waals surface area contributed by atoms with Crippen LogP contribution in [0.25, 0.3) is 11.0 Å². The van der Waals surface area contributed by atoms with Crippen LogP contribution in [0, 0.1) is 11.7 Å². The first kappa shape index (κ1) is 10.7. The van der Waals surface area contributed by atoms with Crippen LogP contribution in [0.1, 0.15) is 18.2 Å². The van der Waals surface area contributed by atoms with E-state index in [-0.39, 0.29) is 17.7 Å². The van der Waals surface area contributed by atoms with Crippen molar-refractivity contribution >= 4 is 32.9 Å². The van der Waals surface area contributed by atoms with Gasteiger partial charge in [-0.1, -0.05) is 0 Å². The molecule has 2 aromatic rings. The Morgan fingerprint density at radius 3 is 3.00 bits per heavy atom. The smallest absolute Gasteiger partial charge is 0.307 e. The van der Waals surface area contributed by atoms with Gasteiger partial charge in [0.05, 0.1) is 21.4 Å². The third kappa shape index (κ3) is 1.72. The van der Waals surface area contributed by atoms with Gasteiger partial charge in [-0.3, -0.25) is 4.79 Å². The number of aliphatic carboxylic acids is 1. The first-order chi connectivity index (χ1) is 8.06. The lowest BCUT2D eigenvalue weighted by atomic mass is 10.3. The zero-order chi connectivity index (χ0) is 12.2. The van der Waals surface area contributed by atoms with E-state index in [1.807, 2.05) is 0 Å². The Bertz CT molecular complexity index is 586. The molecule has 0 bridgehead atoms. The number of hydrogen-bond acceptors (Lipinski definition) is 2. The van der Waals surface area contributed by atoms with E-state index in [0.717, 1.165) is 0 Å². The van der Waals surface area contributed by atoms with Crippen molar-refractivity contribution in [1.29, 1.82) is 0 Å². The second-order valence-corrected chi connectivity index (χ2v) is 5.05. The lowest BCUT2D eigenvalue weighted by molar-refractivity contribution is -0.138. The highest BCUT2D eigenvalue weighted by Gasteiger charge is 2.46. The predicted molar refractivity (Wildman–Crippen MR) is 62.2 cm³/mol. The highest BCUT2D eigenvalue weighted by Crippen LogP contribution is 2.46. The highest BCUT2D eigenvalue weighted by atomic mass is 79.9. The molecular formula is C11H8BrFN2O2. The van der Waals surface area contributed by atoms with E-state index in [1.54, 1.807) is 6.07 Å². The number of carbonyl (C=O) groups is 1. The molecule has 17 heavy (non-hydrogen) atoms. The van der Waals surface area contributed by atoms with Crippen molar-refractivity contribution < 1.29 is 14.3 Å². The molecule has 2 unspecified atom stereocenters. The summed E-state index contributed by atoms with van der Waals surface area (Å²) in [6.45, 7) is 0. The molecule has 1 aliphatic carbocycles. The maximum absolute atomic E-state index is 13.3. The van der Waals surface area contributed by atoms with Crippen LogP contribution in [0.2, 0.25) is 0 Å². The van der Waals surface area contributed by atoms with Gasteiger partial charge in [-0.2, -0.15) is 0 Å². The minimum Gasteiger partial charge on any atom is -0.481 e. The van der Waals surface area contributed by atoms with E-state index in [9.17, 15) is 9.18 Å². The van der Waals surface area contributed by atoms with Gasteiger partial charge in [0.2, 0.25) is 0 Å². The van der Waals surface area contributed by atoms with E-state index >= 15 is 0 Å². The molecule has 1 saturated carbocycles. The van der Waals surface area contributed by atoms with Crippen LogP contribution >= 0.6 is 15.9 Å². The third-order valence-corrected chi connectivity index (χ3v) is 3.61. The fourth-order valence-corrected chi connectivity index (χ4v) is 2.30. The average Bonchev–Trinajstić information content (AvgIpc) is 2.96. The summed E-state index contributed by atoms with van der Waals surface area (Å²) in [5, 5.41) is 8.84. The van der Waals surface area contributed by atoms with Gasteiger partial charge >= 0.3 is 5.97 Å². The number of fused-ring (bicyclic) bond motifs is 1. The molecule has 3 rings (SSSR count). The van der Waals surface area contributed by atoms with Crippen molar-refractivity contribution in [3.8, 4) is 0 Å². The molecule has 0 saturated heterocycles. The first-order valence-corrected chi connectivity index (χ1v) is 5.93. The Balaban J connectivity index is 2.01. The molecule has 88 valence electrons. The van der Waals surface area contributed by atoms with E-state index in [1.165, 1.54) is 6.07 Å². The molecule has 6 heteroatoms. The first-order valence-electron chi connectivity index (χ1n) is 5.13. The number of H-pyrrole nitrogens is 1. The number of imidazole rings is 1. The molecule has 1 heterocycles. The van der Waals surface area contributed by atoms with Gasteiger partial charge in [0.25, 0.3) is 0 Å². The standard InChI is InChI=1S/C11H8BrFN2O2/c12-6-2-8-9(3-7(6)13)15-10(14-8)4-1-5(4)11(16)17/h2-5H,1H2,(H,14,15)(H,16,17). The van der Waals surface area contributed by atoms with Gasteiger partial charge in [-0.15, -0.1) is 0 Å². The van der Waals surface area contributed by atoms with Crippen LogP contribution in [0.3, 0.4) is 0 Å². The minimum absolute atomic E-state index is 0.0678. The number of aromatic amines is 1. The van der Waals surface area contributed by atoms with Crippen molar-refractivity contribution in [1.82, 2.24) is 9.97 Å². The summed E-state index contributed by atoms with van der Waals surface area (Å²) >= 11 is 3.09. The Kier molecular flexibility index (Phi) is 2.22. The van der Waals surface area contributed by atoms with E-state index < -0.39 is 5.97 Å². The number of benzene rings is 1. The summed E-state index contributed by atoms with van der Waals surface area (Å²) in [5.74, 6) is -0.961. The van der Waals surface area contributed by atoms with Gasteiger partial charge in [-0.05, 0) is 28.4 Å². The number of hydrogen-bond donors (Lipinski definition) is 2. The lowest BCUT2D eigenvalue weighted by Crippen LogP contribution is -1.99. The summed E-state index contributed by atoms with van der Waals surface area (Å²) < 4.78 is 13.6. The topological polar surface area (TPSA) is 66.0 Å². The second kappa shape index (κ2) is 3.53. The molecule has 1 aromatic heterocycles. The molecular weight excluding hydrogens is 291 g/mol. The van der Waals surface area contributed by atoms with Crippen LogP contribution in [0.15, 0.2) is 16.6 Å². The van der Waals surface area contributed by atoms with Crippen LogP contribution in [-0.4, -0.2) is 21.0 Å². The summed E-state index contributed by atoms with van der Waals surface area (Å²) in [6.07, 6.45) is 0.596. The Hall–Kier alpha value is -1.43. The largest absolute Gasteiger partial charge is 0.481 e. The lowest BCUT2D eigenvalue weighted by Gasteiger charge is -1.92. The maximum Gasteiger partial charge on any atom is 0.307 e. The third-order valence-electron chi connectivity index (χ3n) is 3.00. The molecule has 0 aliphatic heterocycles. The second-order valence-electron chi connectivity index (χ2n) is 4.19. The van der Waals surface area contributed by atoms with Crippen molar-refractivity contribution in [2.45, 2.75) is 12.3 Å². The van der Waals surface area contributed by atoms with Gasteiger partial charge in [0.15, 0.2) is 0 Å². The van der Waals surface area contributed by atoms with Gasteiger partial charge in [0, 0.05) is 12.0 Å². The van der Waals surface area contributed by atoms with Gasteiger partial charge in [0.1, 0.15) is 11.6 Å². The molecule has 0 amide bonds. The molecule has 1 aliphatic rings. The normalized spacial score (nSPS) is 22.9. The maximum atomic E-state index is 13.3. The minimum atomic E-state index is -0.803. The molecule has 0 spiro atoms. The van der Waals surface area contributed by atoms with Crippen LogP contribution < -0.4 is 0 Å². The number of aromatic nitrogens is 2. The molecule has 2 atom stereocenters. The van der Waals surface area contributed by atoms with Gasteiger partial charge < -0.3 is 10.1 Å². The van der Waals surface area contributed by atoms with Crippen LogP contribution in [0.5, 0.6) is 0 Å². The number of halogens is 2. The van der Waals surface area contributed by atoms with E-state index in [0.29, 0.717) is 27.8 Å². The summed E-state index contributed by atoms with van der Waals surface area (Å²) in [7, 11) is 0.